The van der Waals surface area contributed by atoms with Gasteiger partial charge >= 0.3 is 0 Å². The van der Waals surface area contributed by atoms with E-state index in [4.69, 9.17) is 9.47 Å². The van der Waals surface area contributed by atoms with E-state index in [1.165, 1.54) is 17.7 Å². The molecule has 4 heteroatoms. The Kier molecular flexibility index (Phi) is 6.12. The monoisotopic (exact) mass is 360 g/mol. The standard InChI is InChI=1S/C22H26F2O2/c1-3-25-19-12-13-20(22(24)21(19)23)26-14-16-6-10-18(11-7-16)17-8-4-15(2)5-9-17/h4,6,8-10,12-13,15-16,18H,3,5,7,11,14H2,1-2H3. The predicted octanol–water partition coefficient (Wildman–Crippen LogP) is 5.85. The van der Waals surface area contributed by atoms with Crippen LogP contribution in [0.25, 0.3) is 0 Å². The highest BCUT2D eigenvalue weighted by atomic mass is 19.2. The Morgan fingerprint density at radius 1 is 1.00 bits per heavy atom. The predicted molar refractivity (Wildman–Crippen MR) is 99.4 cm³/mol. The smallest absolute Gasteiger partial charge is 0.204 e. The third-order valence-corrected chi connectivity index (χ3v) is 5.00. The first-order chi connectivity index (χ1) is 12.6. The van der Waals surface area contributed by atoms with Crippen LogP contribution in [0.3, 0.4) is 0 Å². The lowest BCUT2D eigenvalue weighted by molar-refractivity contribution is 0.242. The quantitative estimate of drug-likeness (QED) is 0.593. The van der Waals surface area contributed by atoms with Crippen LogP contribution in [0.1, 0.15) is 33.1 Å². The molecule has 0 aliphatic heterocycles. The van der Waals surface area contributed by atoms with Crippen LogP contribution in [0.2, 0.25) is 0 Å². The minimum absolute atomic E-state index is 0.0617. The minimum Gasteiger partial charge on any atom is -0.491 e. The lowest BCUT2D eigenvalue weighted by Crippen LogP contribution is -2.17. The molecule has 0 N–H and O–H groups in total. The fraction of sp³-hybridized carbons (Fsp3) is 0.455. The summed E-state index contributed by atoms with van der Waals surface area (Å²) in [6.07, 6.45) is 14.3. The average molecular weight is 360 g/mol. The van der Waals surface area contributed by atoms with E-state index in [9.17, 15) is 8.78 Å². The van der Waals surface area contributed by atoms with E-state index in [1.54, 1.807) is 6.92 Å². The highest BCUT2D eigenvalue weighted by Crippen LogP contribution is 2.32. The molecule has 3 atom stereocenters. The summed E-state index contributed by atoms with van der Waals surface area (Å²) in [4.78, 5) is 0. The first-order valence-electron chi connectivity index (χ1n) is 9.38. The van der Waals surface area contributed by atoms with Crippen molar-refractivity contribution >= 4 is 0 Å². The fourth-order valence-electron chi connectivity index (χ4n) is 3.40. The molecule has 0 heterocycles. The Bertz CT molecular complexity index is 721. The van der Waals surface area contributed by atoms with Crippen LogP contribution >= 0.6 is 0 Å². The maximum Gasteiger partial charge on any atom is 0.204 e. The minimum atomic E-state index is -0.992. The topological polar surface area (TPSA) is 18.5 Å². The van der Waals surface area contributed by atoms with Crippen molar-refractivity contribution < 1.29 is 18.3 Å². The zero-order valence-electron chi connectivity index (χ0n) is 15.4. The van der Waals surface area contributed by atoms with E-state index >= 15 is 0 Å². The number of hydrogen-bond donors (Lipinski definition) is 0. The maximum absolute atomic E-state index is 14.1. The van der Waals surface area contributed by atoms with Gasteiger partial charge in [0.15, 0.2) is 11.5 Å². The summed E-state index contributed by atoms with van der Waals surface area (Å²) in [7, 11) is 0. The van der Waals surface area contributed by atoms with Gasteiger partial charge in [-0.2, -0.15) is 8.78 Å². The lowest BCUT2D eigenvalue weighted by atomic mass is 9.82. The highest BCUT2D eigenvalue weighted by molar-refractivity contribution is 5.35. The van der Waals surface area contributed by atoms with Crippen molar-refractivity contribution in [3.63, 3.8) is 0 Å². The van der Waals surface area contributed by atoms with Gasteiger partial charge in [0.05, 0.1) is 13.2 Å². The van der Waals surface area contributed by atoms with Crippen molar-refractivity contribution in [3.8, 4) is 11.5 Å². The number of benzene rings is 1. The van der Waals surface area contributed by atoms with Crippen molar-refractivity contribution in [2.75, 3.05) is 13.2 Å². The third kappa shape index (κ3) is 4.35. The van der Waals surface area contributed by atoms with Crippen LogP contribution in [0, 0.1) is 29.4 Å². The van der Waals surface area contributed by atoms with Crippen LogP contribution in [0.5, 0.6) is 11.5 Å². The number of allylic oxidation sites excluding steroid dienone is 5. The van der Waals surface area contributed by atoms with E-state index in [-0.39, 0.29) is 24.0 Å². The van der Waals surface area contributed by atoms with Gasteiger partial charge in [0.25, 0.3) is 0 Å². The molecule has 0 saturated carbocycles. The second-order valence-electron chi connectivity index (χ2n) is 7.04. The second kappa shape index (κ2) is 8.52. The number of ether oxygens (including phenoxy) is 2. The van der Waals surface area contributed by atoms with E-state index in [1.807, 2.05) is 0 Å². The van der Waals surface area contributed by atoms with E-state index < -0.39 is 11.6 Å². The van der Waals surface area contributed by atoms with Gasteiger partial charge in [-0.3, -0.25) is 0 Å². The lowest BCUT2D eigenvalue weighted by Gasteiger charge is -2.25. The van der Waals surface area contributed by atoms with Gasteiger partial charge in [-0.05, 0) is 49.8 Å². The summed E-state index contributed by atoms with van der Waals surface area (Å²) in [6, 6.07) is 2.84. The molecule has 1 aromatic rings. The van der Waals surface area contributed by atoms with E-state index in [2.05, 4.69) is 37.3 Å². The summed E-state index contributed by atoms with van der Waals surface area (Å²) in [6.45, 7) is 4.58. The molecule has 0 saturated heterocycles. The molecule has 3 unspecified atom stereocenters. The highest BCUT2D eigenvalue weighted by Gasteiger charge is 2.21. The Labute approximate surface area is 154 Å². The molecule has 140 valence electrons. The number of rotatable bonds is 6. The van der Waals surface area contributed by atoms with Crippen molar-refractivity contribution in [2.45, 2.75) is 33.1 Å². The van der Waals surface area contributed by atoms with Crippen LogP contribution in [-0.4, -0.2) is 13.2 Å². The summed E-state index contributed by atoms with van der Waals surface area (Å²) in [5.41, 5.74) is 1.39. The van der Waals surface area contributed by atoms with Crippen LogP contribution < -0.4 is 9.47 Å². The van der Waals surface area contributed by atoms with Crippen LogP contribution in [-0.2, 0) is 0 Å². The van der Waals surface area contributed by atoms with E-state index in [0.717, 1.165) is 19.3 Å². The first-order valence-corrected chi connectivity index (χ1v) is 9.38. The molecule has 2 aliphatic rings. The van der Waals surface area contributed by atoms with E-state index in [0.29, 0.717) is 18.4 Å². The van der Waals surface area contributed by atoms with Gasteiger partial charge in [-0.15, -0.1) is 0 Å². The van der Waals surface area contributed by atoms with Gasteiger partial charge in [0.2, 0.25) is 11.6 Å². The molecule has 1 aromatic carbocycles. The Balaban J connectivity index is 1.56. The summed E-state index contributed by atoms with van der Waals surface area (Å²) in [5, 5.41) is 0. The van der Waals surface area contributed by atoms with Gasteiger partial charge in [-0.1, -0.05) is 37.3 Å². The van der Waals surface area contributed by atoms with Gasteiger partial charge in [0, 0.05) is 11.8 Å². The molecular weight excluding hydrogens is 334 g/mol. The molecule has 0 radical (unpaired) electrons. The van der Waals surface area contributed by atoms with Crippen molar-refractivity contribution in [2.24, 2.45) is 17.8 Å². The largest absolute Gasteiger partial charge is 0.491 e. The molecule has 3 rings (SSSR count). The zero-order valence-corrected chi connectivity index (χ0v) is 15.4. The molecule has 2 aliphatic carbocycles. The van der Waals surface area contributed by atoms with Gasteiger partial charge < -0.3 is 9.47 Å². The van der Waals surface area contributed by atoms with Crippen molar-refractivity contribution in [3.05, 3.63) is 59.7 Å². The molecule has 2 nitrogen and oxygen atoms in total. The second-order valence-corrected chi connectivity index (χ2v) is 7.04. The molecule has 0 bridgehead atoms. The van der Waals surface area contributed by atoms with Gasteiger partial charge in [0.1, 0.15) is 0 Å². The summed E-state index contributed by atoms with van der Waals surface area (Å²) < 4.78 is 38.5. The molecule has 0 amide bonds. The van der Waals surface area contributed by atoms with Crippen LogP contribution in [0.4, 0.5) is 8.78 Å². The number of hydrogen-bond acceptors (Lipinski definition) is 2. The van der Waals surface area contributed by atoms with Crippen molar-refractivity contribution in [1.29, 1.82) is 0 Å². The maximum atomic E-state index is 14.1. The molecule has 0 spiro atoms. The third-order valence-electron chi connectivity index (χ3n) is 5.00. The number of halogens is 2. The first kappa shape index (κ1) is 18.7. The Morgan fingerprint density at radius 2 is 1.73 bits per heavy atom. The molecule has 0 aromatic heterocycles. The molecular formula is C22H26F2O2. The molecule has 0 fully saturated rings. The Morgan fingerprint density at radius 3 is 2.31 bits per heavy atom. The SMILES string of the molecule is CCOc1ccc(OCC2C=CC(C3=CCC(C)C=C3)CC2)c(F)c1F. The van der Waals surface area contributed by atoms with Crippen molar-refractivity contribution in [1.82, 2.24) is 0 Å². The summed E-state index contributed by atoms with van der Waals surface area (Å²) in [5.74, 6) is -0.831. The van der Waals surface area contributed by atoms with Crippen LogP contribution in [0.15, 0.2) is 48.1 Å². The molecule has 26 heavy (non-hydrogen) atoms. The normalized spacial score (nSPS) is 25.1. The average Bonchev–Trinajstić information content (AvgIpc) is 2.66. The van der Waals surface area contributed by atoms with Gasteiger partial charge in [-0.25, -0.2) is 0 Å². The fourth-order valence-corrected chi connectivity index (χ4v) is 3.40. The summed E-state index contributed by atoms with van der Waals surface area (Å²) >= 11 is 0. The zero-order chi connectivity index (χ0) is 18.5. The Hall–Kier alpha value is -2.10.